The zero-order chi connectivity index (χ0) is 29.9. The fraction of sp³-hybridized carbons (Fsp3) is 0.483. The number of anilines is 1. The van der Waals surface area contributed by atoms with Gasteiger partial charge in [-0.05, 0) is 69.6 Å². The molecule has 3 heterocycles. The lowest BCUT2D eigenvalue weighted by molar-refractivity contribution is -0.119. The minimum atomic E-state index is -4.07. The van der Waals surface area contributed by atoms with Crippen LogP contribution in [0.4, 0.5) is 10.1 Å². The molecule has 2 N–H and O–H groups in total. The zero-order valence-electron chi connectivity index (χ0n) is 23.9. The highest BCUT2D eigenvalue weighted by molar-refractivity contribution is 7.91. The third-order valence-electron chi connectivity index (χ3n) is 7.21. The Morgan fingerprint density at radius 1 is 1.10 bits per heavy atom. The quantitative estimate of drug-likeness (QED) is 0.418. The molecular formula is C29H37ClFN5O4S. The largest absolute Gasteiger partial charge is 0.420 e. The van der Waals surface area contributed by atoms with Gasteiger partial charge in [-0.3, -0.25) is 4.79 Å². The molecular weight excluding hydrogens is 569 g/mol. The molecule has 0 saturated carbocycles. The molecule has 0 unspecified atom stereocenters. The first-order chi connectivity index (χ1) is 19.4. The van der Waals surface area contributed by atoms with Gasteiger partial charge in [0.1, 0.15) is 5.82 Å². The van der Waals surface area contributed by atoms with Crippen LogP contribution in [0.2, 0.25) is 5.02 Å². The summed E-state index contributed by atoms with van der Waals surface area (Å²) in [6.45, 7) is 10.7. The number of nitrogens with two attached hydrogens (primary N) is 1. The Morgan fingerprint density at radius 3 is 2.41 bits per heavy atom. The van der Waals surface area contributed by atoms with Crippen molar-refractivity contribution in [1.82, 2.24) is 15.1 Å². The maximum atomic E-state index is 15.5. The van der Waals surface area contributed by atoms with Gasteiger partial charge in [0.05, 0.1) is 39.9 Å². The first-order valence-electron chi connectivity index (χ1n) is 13.9. The number of carbonyl (C=O) groups excluding carboxylic acids is 1. The average Bonchev–Trinajstić information content (AvgIpc) is 3.43. The van der Waals surface area contributed by atoms with Gasteiger partial charge in [0, 0.05) is 11.6 Å². The Hall–Kier alpha value is -2.86. The van der Waals surface area contributed by atoms with E-state index in [2.05, 4.69) is 15.1 Å². The van der Waals surface area contributed by atoms with E-state index < -0.39 is 38.8 Å². The van der Waals surface area contributed by atoms with Gasteiger partial charge >= 0.3 is 0 Å². The number of carbonyl (C=O) groups is 1. The van der Waals surface area contributed by atoms with E-state index in [4.69, 9.17) is 21.8 Å². The summed E-state index contributed by atoms with van der Waals surface area (Å²) in [5.74, 6) is -1.83. The van der Waals surface area contributed by atoms with Gasteiger partial charge in [0.25, 0.3) is 5.89 Å². The highest BCUT2D eigenvalue weighted by Crippen LogP contribution is 2.38. The highest BCUT2D eigenvalue weighted by Gasteiger charge is 2.38. The molecule has 3 aromatic rings. The normalized spacial score (nSPS) is 19.2. The van der Waals surface area contributed by atoms with Crippen LogP contribution in [0.1, 0.15) is 58.4 Å². The van der Waals surface area contributed by atoms with Crippen LogP contribution in [0.15, 0.2) is 45.7 Å². The Kier molecular flexibility index (Phi) is 9.52. The molecule has 2 aliphatic heterocycles. The number of fused-ring (bicyclic) bond motifs is 1. The summed E-state index contributed by atoms with van der Waals surface area (Å²) in [6, 6.07) is 7.65. The summed E-state index contributed by atoms with van der Waals surface area (Å²) >= 11 is 6.00. The molecule has 1 amide bonds. The van der Waals surface area contributed by atoms with Crippen LogP contribution in [0.25, 0.3) is 11.5 Å². The van der Waals surface area contributed by atoms with Crippen LogP contribution < -0.4 is 10.6 Å². The van der Waals surface area contributed by atoms with E-state index in [1.54, 1.807) is 24.3 Å². The van der Waals surface area contributed by atoms with Crippen molar-refractivity contribution in [3.8, 4) is 11.5 Å². The van der Waals surface area contributed by atoms with E-state index in [1.807, 2.05) is 27.7 Å². The molecule has 1 fully saturated rings. The first kappa shape index (κ1) is 31.1. The number of aromatic nitrogens is 2. The average molecular weight is 606 g/mol. The number of hydrogen-bond acceptors (Lipinski definition) is 8. The van der Waals surface area contributed by atoms with Crippen LogP contribution in [-0.2, 0) is 26.6 Å². The number of likely N-dealkylation sites (tertiary alicyclic amines) is 1. The van der Waals surface area contributed by atoms with Gasteiger partial charge in [-0.15, -0.1) is 10.2 Å². The Morgan fingerprint density at radius 2 is 1.76 bits per heavy atom. The third kappa shape index (κ3) is 6.80. The molecule has 9 nitrogen and oxygen atoms in total. The molecule has 0 spiro atoms. The standard InChI is InChI=1S/C27H31ClFN5O4S.C2H6/c1-27(2,16-33-10-4-3-5-11-33)26-32-31-24(38-26)19-12-22-23(13-20(19)29)39(36,37)15-21(30)25(35)34(22)14-17-6-8-18(28)9-7-17;1-2/h6-9,12-13,21H,3-5,10-11,14-16,30H2,1-2H3;1-2H3/t21-;/m0./s1. The number of piperidine rings is 1. The van der Waals surface area contributed by atoms with Crippen LogP contribution in [0.3, 0.4) is 0 Å². The van der Waals surface area contributed by atoms with E-state index >= 15 is 4.39 Å². The molecule has 12 heteroatoms. The fourth-order valence-corrected chi connectivity index (χ4v) is 6.86. The number of amides is 1. The molecule has 2 aromatic carbocycles. The van der Waals surface area contributed by atoms with Gasteiger partial charge < -0.3 is 20.0 Å². The monoisotopic (exact) mass is 605 g/mol. The lowest BCUT2D eigenvalue weighted by Gasteiger charge is -2.32. The molecule has 1 saturated heterocycles. The number of hydrogen-bond donors (Lipinski definition) is 1. The van der Waals surface area contributed by atoms with Crippen molar-refractivity contribution in [1.29, 1.82) is 0 Å². The van der Waals surface area contributed by atoms with E-state index in [0.29, 0.717) is 23.0 Å². The predicted octanol–water partition coefficient (Wildman–Crippen LogP) is 4.97. The number of rotatable bonds is 6. The lowest BCUT2D eigenvalue weighted by Crippen LogP contribution is -2.45. The van der Waals surface area contributed by atoms with Crippen LogP contribution in [0, 0.1) is 5.82 Å². The van der Waals surface area contributed by atoms with Gasteiger partial charge in [-0.25, -0.2) is 12.8 Å². The minimum Gasteiger partial charge on any atom is -0.420 e. The van der Waals surface area contributed by atoms with Crippen molar-refractivity contribution in [3.05, 3.63) is 58.7 Å². The lowest BCUT2D eigenvalue weighted by atomic mass is 9.92. The summed E-state index contributed by atoms with van der Waals surface area (Å²) in [4.78, 5) is 16.6. The van der Waals surface area contributed by atoms with Crippen molar-refractivity contribution >= 4 is 33.0 Å². The van der Waals surface area contributed by atoms with Gasteiger partial charge in [-0.1, -0.05) is 44.0 Å². The predicted molar refractivity (Wildman–Crippen MR) is 157 cm³/mol. The molecule has 0 aliphatic carbocycles. The maximum absolute atomic E-state index is 15.5. The summed E-state index contributed by atoms with van der Waals surface area (Å²) in [7, 11) is -4.07. The molecule has 0 bridgehead atoms. The molecule has 2 aliphatic rings. The molecule has 41 heavy (non-hydrogen) atoms. The second kappa shape index (κ2) is 12.6. The van der Waals surface area contributed by atoms with Crippen LogP contribution in [-0.4, -0.2) is 60.9 Å². The van der Waals surface area contributed by atoms with Crippen molar-refractivity contribution in [2.45, 2.75) is 69.9 Å². The first-order valence-corrected chi connectivity index (χ1v) is 15.9. The minimum absolute atomic E-state index is 0.00614. The Bertz CT molecular complexity index is 1490. The molecule has 0 radical (unpaired) electrons. The summed E-state index contributed by atoms with van der Waals surface area (Å²) in [6.07, 6.45) is 3.50. The van der Waals surface area contributed by atoms with Crippen LogP contribution in [0.5, 0.6) is 0 Å². The summed E-state index contributed by atoms with van der Waals surface area (Å²) in [5.41, 5.74) is 6.10. The van der Waals surface area contributed by atoms with Crippen molar-refractivity contribution in [3.63, 3.8) is 0 Å². The van der Waals surface area contributed by atoms with E-state index in [9.17, 15) is 13.2 Å². The molecule has 5 rings (SSSR count). The number of halogens is 2. The Balaban J connectivity index is 0.00000189. The molecule has 1 atom stereocenters. The van der Waals surface area contributed by atoms with Gasteiger partial charge in [-0.2, -0.15) is 0 Å². The smallest absolute Gasteiger partial charge is 0.250 e. The summed E-state index contributed by atoms with van der Waals surface area (Å²) in [5, 5.41) is 8.83. The fourth-order valence-electron chi connectivity index (χ4n) is 5.17. The SMILES string of the molecule is CC.CC(C)(CN1CCCCC1)c1nnc(-c2cc3c(cc2F)S(=O)(=O)C[C@H](N)C(=O)N3Cc2ccc(Cl)cc2)o1. The second-order valence-corrected chi connectivity index (χ2v) is 13.3. The Labute approximate surface area is 245 Å². The van der Waals surface area contributed by atoms with Crippen molar-refractivity contribution < 1.29 is 22.0 Å². The summed E-state index contributed by atoms with van der Waals surface area (Å²) < 4.78 is 47.7. The zero-order valence-corrected chi connectivity index (χ0v) is 25.4. The van der Waals surface area contributed by atoms with Crippen molar-refractivity contribution in [2.24, 2.45) is 5.73 Å². The number of sulfone groups is 1. The van der Waals surface area contributed by atoms with Crippen molar-refractivity contribution in [2.75, 3.05) is 30.3 Å². The second-order valence-electron chi connectivity index (χ2n) is 10.9. The third-order valence-corrected chi connectivity index (χ3v) is 9.26. The highest BCUT2D eigenvalue weighted by atomic mass is 35.5. The topological polar surface area (TPSA) is 123 Å². The van der Waals surface area contributed by atoms with E-state index in [-0.39, 0.29) is 28.6 Å². The van der Waals surface area contributed by atoms with E-state index in [0.717, 1.165) is 32.0 Å². The van der Waals surface area contributed by atoms with Crippen LogP contribution >= 0.6 is 11.6 Å². The van der Waals surface area contributed by atoms with Gasteiger partial charge in [0.2, 0.25) is 11.8 Å². The molecule has 1 aromatic heterocycles. The van der Waals surface area contributed by atoms with E-state index in [1.165, 1.54) is 17.4 Å². The number of benzene rings is 2. The molecule has 222 valence electrons. The number of nitrogens with zero attached hydrogens (tertiary/aromatic N) is 4. The van der Waals surface area contributed by atoms with Gasteiger partial charge in [0.15, 0.2) is 9.84 Å². The maximum Gasteiger partial charge on any atom is 0.250 e.